The summed E-state index contributed by atoms with van der Waals surface area (Å²) in [6.07, 6.45) is 4.94. The molecule has 1 aliphatic rings. The fourth-order valence-corrected chi connectivity index (χ4v) is 5.40. The van der Waals surface area contributed by atoms with Gasteiger partial charge in [-0.3, -0.25) is 9.59 Å². The number of halogens is 2. The third-order valence-electron chi connectivity index (χ3n) is 7.78. The van der Waals surface area contributed by atoms with Gasteiger partial charge in [-0.15, -0.1) is 0 Å². The first-order chi connectivity index (χ1) is 18.0. The number of amides is 3. The molecule has 7 nitrogen and oxygen atoms in total. The molecule has 2 aromatic carbocycles. The molecular formula is C29H37Cl2N3O4. The molecule has 1 aliphatic carbocycles. The first-order valence-electron chi connectivity index (χ1n) is 13.1. The standard InChI is InChI=1S/C29H37Cl2N3O4/c1-4-29(2,3)21-9-12-23(13-10-21)34(28(38)33-25-14-11-22(30)17-24(25)31)18-19-5-7-20(8-6-19)27(37)32-16-15-26(35)36/h5-8,11,14,17,21,23H,4,9-10,12-13,15-16,18H2,1-3H3,(H,32,37)(H,33,38)(H,35,36). The van der Waals surface area contributed by atoms with Crippen LogP contribution in [0.5, 0.6) is 0 Å². The highest BCUT2D eigenvalue weighted by Crippen LogP contribution is 2.41. The second-order valence-electron chi connectivity index (χ2n) is 10.6. The highest BCUT2D eigenvalue weighted by Gasteiger charge is 2.35. The zero-order chi connectivity index (χ0) is 27.9. The SMILES string of the molecule is CCC(C)(C)C1CCC(N(Cc2ccc(C(=O)NCCC(=O)O)cc2)C(=O)Nc2ccc(Cl)cc2Cl)CC1. The number of aliphatic carboxylic acids is 1. The van der Waals surface area contributed by atoms with Gasteiger partial charge < -0.3 is 20.6 Å². The predicted octanol–water partition coefficient (Wildman–Crippen LogP) is 7.23. The molecule has 0 bridgehead atoms. The Kier molecular flexibility index (Phi) is 10.5. The van der Waals surface area contributed by atoms with Crippen LogP contribution in [0.1, 0.15) is 75.2 Å². The van der Waals surface area contributed by atoms with Crippen molar-refractivity contribution in [2.75, 3.05) is 11.9 Å². The average molecular weight is 563 g/mol. The Morgan fingerprint density at radius 2 is 1.68 bits per heavy atom. The number of rotatable bonds is 10. The van der Waals surface area contributed by atoms with E-state index in [9.17, 15) is 14.4 Å². The van der Waals surface area contributed by atoms with E-state index in [0.29, 0.717) is 33.8 Å². The number of carboxylic acids is 1. The predicted molar refractivity (Wildman–Crippen MR) is 152 cm³/mol. The molecule has 0 saturated heterocycles. The summed E-state index contributed by atoms with van der Waals surface area (Å²) in [5.74, 6) is -0.675. The Morgan fingerprint density at radius 1 is 1.03 bits per heavy atom. The van der Waals surface area contributed by atoms with Crippen molar-refractivity contribution in [3.63, 3.8) is 0 Å². The Hall–Kier alpha value is -2.77. The Labute approximate surface area is 234 Å². The lowest BCUT2D eigenvalue weighted by Gasteiger charge is -2.42. The lowest BCUT2D eigenvalue weighted by molar-refractivity contribution is -0.136. The molecule has 38 heavy (non-hydrogen) atoms. The summed E-state index contributed by atoms with van der Waals surface area (Å²) in [7, 11) is 0. The molecule has 2 aromatic rings. The summed E-state index contributed by atoms with van der Waals surface area (Å²) < 4.78 is 0. The summed E-state index contributed by atoms with van der Waals surface area (Å²) in [5.41, 5.74) is 2.10. The summed E-state index contributed by atoms with van der Waals surface area (Å²) in [6, 6.07) is 11.9. The highest BCUT2D eigenvalue weighted by molar-refractivity contribution is 6.36. The van der Waals surface area contributed by atoms with Gasteiger partial charge in [0.15, 0.2) is 0 Å². The summed E-state index contributed by atoms with van der Waals surface area (Å²) in [6.45, 7) is 7.33. The number of benzene rings is 2. The van der Waals surface area contributed by atoms with Crippen molar-refractivity contribution in [2.45, 2.75) is 71.9 Å². The number of carbonyl (C=O) groups is 3. The molecule has 0 unspecified atom stereocenters. The van der Waals surface area contributed by atoms with Crippen molar-refractivity contribution in [1.82, 2.24) is 10.2 Å². The second-order valence-corrected chi connectivity index (χ2v) is 11.5. The molecule has 0 atom stereocenters. The first-order valence-corrected chi connectivity index (χ1v) is 13.9. The lowest BCUT2D eigenvalue weighted by atomic mass is 9.68. The summed E-state index contributed by atoms with van der Waals surface area (Å²) >= 11 is 12.3. The van der Waals surface area contributed by atoms with Crippen molar-refractivity contribution in [2.24, 2.45) is 11.3 Å². The van der Waals surface area contributed by atoms with Gasteiger partial charge in [0.2, 0.25) is 0 Å². The topological polar surface area (TPSA) is 98.7 Å². The van der Waals surface area contributed by atoms with Crippen molar-refractivity contribution in [3.8, 4) is 0 Å². The Bertz CT molecular complexity index is 1130. The van der Waals surface area contributed by atoms with Gasteiger partial charge in [-0.2, -0.15) is 0 Å². The van der Waals surface area contributed by atoms with Crippen LogP contribution in [0.4, 0.5) is 10.5 Å². The number of anilines is 1. The number of nitrogens with zero attached hydrogens (tertiary/aromatic N) is 1. The molecule has 3 N–H and O–H groups in total. The average Bonchev–Trinajstić information content (AvgIpc) is 2.89. The molecule has 3 amide bonds. The zero-order valence-corrected chi connectivity index (χ0v) is 23.7. The first kappa shape index (κ1) is 29.8. The van der Waals surface area contributed by atoms with Crippen LogP contribution in [-0.2, 0) is 11.3 Å². The summed E-state index contributed by atoms with van der Waals surface area (Å²) in [5, 5.41) is 15.2. The van der Waals surface area contributed by atoms with Crippen molar-refractivity contribution < 1.29 is 19.5 Å². The van der Waals surface area contributed by atoms with E-state index in [0.717, 1.165) is 37.7 Å². The van der Waals surface area contributed by atoms with Gasteiger partial charge in [-0.05, 0) is 72.9 Å². The van der Waals surface area contributed by atoms with Crippen LogP contribution in [0.3, 0.4) is 0 Å². The molecule has 0 aromatic heterocycles. The minimum absolute atomic E-state index is 0.0641. The van der Waals surface area contributed by atoms with E-state index in [-0.39, 0.29) is 36.4 Å². The van der Waals surface area contributed by atoms with Crippen LogP contribution >= 0.6 is 23.2 Å². The van der Waals surface area contributed by atoms with E-state index in [1.165, 1.54) is 0 Å². The molecule has 1 saturated carbocycles. The number of carbonyl (C=O) groups excluding carboxylic acids is 2. The number of hydrogen-bond donors (Lipinski definition) is 3. The monoisotopic (exact) mass is 561 g/mol. The fraction of sp³-hybridized carbons (Fsp3) is 0.483. The maximum Gasteiger partial charge on any atom is 0.322 e. The van der Waals surface area contributed by atoms with Crippen molar-refractivity contribution in [1.29, 1.82) is 0 Å². The van der Waals surface area contributed by atoms with Gasteiger partial charge in [0.25, 0.3) is 5.91 Å². The maximum atomic E-state index is 13.5. The van der Waals surface area contributed by atoms with Crippen molar-refractivity contribution >= 4 is 46.8 Å². The largest absolute Gasteiger partial charge is 0.481 e. The van der Waals surface area contributed by atoms with E-state index < -0.39 is 5.97 Å². The molecule has 9 heteroatoms. The molecule has 1 fully saturated rings. The number of carboxylic acid groups (broad SMARTS) is 1. The fourth-order valence-electron chi connectivity index (χ4n) is 4.95. The Balaban J connectivity index is 1.74. The van der Waals surface area contributed by atoms with Crippen LogP contribution in [0.15, 0.2) is 42.5 Å². The van der Waals surface area contributed by atoms with Gasteiger partial charge in [0, 0.05) is 29.7 Å². The van der Waals surface area contributed by atoms with Gasteiger partial charge in [0.05, 0.1) is 17.1 Å². The highest BCUT2D eigenvalue weighted by atomic mass is 35.5. The third-order valence-corrected chi connectivity index (χ3v) is 8.33. The zero-order valence-electron chi connectivity index (χ0n) is 22.2. The van der Waals surface area contributed by atoms with E-state index in [1.807, 2.05) is 17.0 Å². The van der Waals surface area contributed by atoms with E-state index in [4.69, 9.17) is 28.3 Å². The molecule has 3 rings (SSSR count). The molecule has 0 heterocycles. The van der Waals surface area contributed by atoms with Gasteiger partial charge in [-0.25, -0.2) is 4.79 Å². The minimum Gasteiger partial charge on any atom is -0.481 e. The van der Waals surface area contributed by atoms with Crippen LogP contribution in [0, 0.1) is 11.3 Å². The molecular weight excluding hydrogens is 525 g/mol. The molecule has 0 spiro atoms. The van der Waals surface area contributed by atoms with Crippen LogP contribution < -0.4 is 10.6 Å². The third kappa shape index (κ3) is 8.11. The number of nitrogens with one attached hydrogen (secondary N) is 2. The van der Waals surface area contributed by atoms with Crippen molar-refractivity contribution in [3.05, 3.63) is 63.6 Å². The molecule has 206 valence electrons. The van der Waals surface area contributed by atoms with E-state index in [2.05, 4.69) is 31.4 Å². The smallest absolute Gasteiger partial charge is 0.322 e. The van der Waals surface area contributed by atoms with Crippen LogP contribution in [-0.4, -0.2) is 40.5 Å². The van der Waals surface area contributed by atoms with Gasteiger partial charge >= 0.3 is 12.0 Å². The normalized spacial score (nSPS) is 17.5. The number of hydrogen-bond acceptors (Lipinski definition) is 3. The quantitative estimate of drug-likeness (QED) is 0.285. The Morgan fingerprint density at radius 3 is 2.26 bits per heavy atom. The lowest BCUT2D eigenvalue weighted by Crippen LogP contribution is -2.45. The maximum absolute atomic E-state index is 13.5. The molecule has 0 radical (unpaired) electrons. The van der Waals surface area contributed by atoms with Crippen LogP contribution in [0.2, 0.25) is 10.0 Å². The van der Waals surface area contributed by atoms with E-state index in [1.54, 1.807) is 30.3 Å². The minimum atomic E-state index is -0.966. The van der Waals surface area contributed by atoms with Gasteiger partial charge in [-0.1, -0.05) is 62.5 Å². The second kappa shape index (κ2) is 13.3. The van der Waals surface area contributed by atoms with Crippen LogP contribution in [0.25, 0.3) is 0 Å². The number of urea groups is 1. The summed E-state index contributed by atoms with van der Waals surface area (Å²) in [4.78, 5) is 38.4. The van der Waals surface area contributed by atoms with Gasteiger partial charge in [0.1, 0.15) is 0 Å². The molecule has 0 aliphatic heterocycles. The van der Waals surface area contributed by atoms with E-state index >= 15 is 0 Å².